The van der Waals surface area contributed by atoms with Gasteiger partial charge in [0.1, 0.15) is 12.1 Å². The second-order valence-electron chi connectivity index (χ2n) is 5.53. The van der Waals surface area contributed by atoms with E-state index >= 15 is 0 Å². The number of benzene rings is 1. The molecule has 1 saturated heterocycles. The summed E-state index contributed by atoms with van der Waals surface area (Å²) in [5.74, 6) is -0.639. The number of anilines is 1. The topological polar surface area (TPSA) is 32.3 Å². The van der Waals surface area contributed by atoms with E-state index in [1.807, 2.05) is 13.0 Å². The Morgan fingerprint density at radius 1 is 1.00 bits per heavy atom. The van der Waals surface area contributed by atoms with E-state index in [0.717, 1.165) is 43.3 Å². The first-order chi connectivity index (χ1) is 10.6. The van der Waals surface area contributed by atoms with Crippen LogP contribution >= 0.6 is 0 Å². The van der Waals surface area contributed by atoms with Crippen LogP contribution in [0.4, 0.5) is 14.6 Å². The Bertz CT molecular complexity index is 654. The van der Waals surface area contributed by atoms with Gasteiger partial charge < -0.3 is 4.90 Å². The molecule has 4 nitrogen and oxygen atoms in total. The van der Waals surface area contributed by atoms with E-state index in [0.29, 0.717) is 6.54 Å². The number of aryl methyl sites for hydroxylation is 1. The van der Waals surface area contributed by atoms with Crippen LogP contribution < -0.4 is 4.90 Å². The summed E-state index contributed by atoms with van der Waals surface area (Å²) in [6.07, 6.45) is 1.58. The highest BCUT2D eigenvalue weighted by atomic mass is 19.2. The van der Waals surface area contributed by atoms with Crippen LogP contribution in [0.2, 0.25) is 0 Å². The van der Waals surface area contributed by atoms with Crippen molar-refractivity contribution in [3.8, 4) is 0 Å². The summed E-state index contributed by atoms with van der Waals surface area (Å²) in [5.41, 5.74) is 1.75. The minimum absolute atomic E-state index is 0.633. The summed E-state index contributed by atoms with van der Waals surface area (Å²) >= 11 is 0. The van der Waals surface area contributed by atoms with Crippen molar-refractivity contribution in [2.75, 3.05) is 31.1 Å². The Labute approximate surface area is 128 Å². The molecule has 0 atom stereocenters. The van der Waals surface area contributed by atoms with E-state index in [9.17, 15) is 8.78 Å². The fraction of sp³-hybridized carbons (Fsp3) is 0.375. The second kappa shape index (κ2) is 6.36. The highest BCUT2D eigenvalue weighted by Gasteiger charge is 2.18. The molecule has 0 N–H and O–H groups in total. The molecule has 0 radical (unpaired) electrons. The molecule has 1 aliphatic rings. The Balaban J connectivity index is 1.58. The average molecular weight is 304 g/mol. The van der Waals surface area contributed by atoms with E-state index in [1.165, 1.54) is 12.1 Å². The fourth-order valence-electron chi connectivity index (χ4n) is 2.64. The standard InChI is InChI=1S/C16H18F2N4/c1-12-8-16(20-11-19-12)22-6-4-21(5-7-22)10-13-2-3-14(17)15(18)9-13/h2-3,8-9,11H,4-7,10H2,1H3. The molecule has 0 bridgehead atoms. The predicted octanol–water partition coefficient (Wildman–Crippen LogP) is 2.39. The summed E-state index contributed by atoms with van der Waals surface area (Å²) in [6.45, 7) is 6.03. The van der Waals surface area contributed by atoms with Crippen molar-refractivity contribution >= 4 is 5.82 Å². The number of piperazine rings is 1. The van der Waals surface area contributed by atoms with E-state index in [1.54, 1.807) is 12.4 Å². The number of rotatable bonds is 3. The van der Waals surface area contributed by atoms with E-state index in [4.69, 9.17) is 0 Å². The molecular weight excluding hydrogens is 286 g/mol. The lowest BCUT2D eigenvalue weighted by Gasteiger charge is -2.35. The van der Waals surface area contributed by atoms with Crippen LogP contribution in [-0.2, 0) is 6.54 Å². The van der Waals surface area contributed by atoms with Gasteiger partial charge in [-0.2, -0.15) is 0 Å². The van der Waals surface area contributed by atoms with E-state index < -0.39 is 11.6 Å². The van der Waals surface area contributed by atoms with Gasteiger partial charge in [-0.3, -0.25) is 4.90 Å². The van der Waals surface area contributed by atoms with Crippen molar-refractivity contribution in [2.24, 2.45) is 0 Å². The van der Waals surface area contributed by atoms with Gasteiger partial charge in [-0.15, -0.1) is 0 Å². The van der Waals surface area contributed by atoms with Crippen LogP contribution in [0.15, 0.2) is 30.6 Å². The minimum atomic E-state index is -0.798. The van der Waals surface area contributed by atoms with Crippen LogP contribution in [-0.4, -0.2) is 41.0 Å². The second-order valence-corrected chi connectivity index (χ2v) is 5.53. The summed E-state index contributed by atoms with van der Waals surface area (Å²) in [4.78, 5) is 12.9. The van der Waals surface area contributed by atoms with Crippen molar-refractivity contribution in [1.29, 1.82) is 0 Å². The molecule has 0 aliphatic carbocycles. The minimum Gasteiger partial charge on any atom is -0.354 e. The largest absolute Gasteiger partial charge is 0.354 e. The molecule has 116 valence electrons. The van der Waals surface area contributed by atoms with Crippen molar-refractivity contribution in [2.45, 2.75) is 13.5 Å². The number of nitrogens with zero attached hydrogens (tertiary/aromatic N) is 4. The van der Waals surface area contributed by atoms with Crippen molar-refractivity contribution in [3.05, 3.63) is 53.5 Å². The molecule has 1 aliphatic heterocycles. The molecule has 1 fully saturated rings. The van der Waals surface area contributed by atoms with Gasteiger partial charge >= 0.3 is 0 Å². The van der Waals surface area contributed by atoms with Gasteiger partial charge in [-0.05, 0) is 24.6 Å². The Kier molecular flexibility index (Phi) is 4.29. The van der Waals surface area contributed by atoms with Crippen LogP contribution in [0.3, 0.4) is 0 Å². The predicted molar refractivity (Wildman–Crippen MR) is 80.6 cm³/mol. The zero-order valence-corrected chi connectivity index (χ0v) is 12.5. The van der Waals surface area contributed by atoms with Gasteiger partial charge in [0.2, 0.25) is 0 Å². The molecule has 0 saturated carbocycles. The summed E-state index contributed by atoms with van der Waals surface area (Å²) in [6, 6.07) is 6.07. The van der Waals surface area contributed by atoms with Crippen molar-refractivity contribution in [3.63, 3.8) is 0 Å². The molecule has 2 heterocycles. The summed E-state index contributed by atoms with van der Waals surface area (Å²) in [7, 11) is 0. The third kappa shape index (κ3) is 3.39. The van der Waals surface area contributed by atoms with Gasteiger partial charge in [-0.1, -0.05) is 6.07 Å². The smallest absolute Gasteiger partial charge is 0.159 e. The van der Waals surface area contributed by atoms with Crippen LogP contribution in [0, 0.1) is 18.6 Å². The van der Waals surface area contributed by atoms with Crippen LogP contribution in [0.5, 0.6) is 0 Å². The summed E-state index contributed by atoms with van der Waals surface area (Å²) in [5, 5.41) is 0. The average Bonchev–Trinajstić information content (AvgIpc) is 2.52. The van der Waals surface area contributed by atoms with Gasteiger partial charge in [0.25, 0.3) is 0 Å². The SMILES string of the molecule is Cc1cc(N2CCN(Cc3ccc(F)c(F)c3)CC2)ncn1. The highest BCUT2D eigenvalue weighted by molar-refractivity contribution is 5.39. The lowest BCUT2D eigenvalue weighted by atomic mass is 10.2. The maximum atomic E-state index is 13.2. The monoisotopic (exact) mass is 304 g/mol. The first-order valence-corrected chi connectivity index (χ1v) is 7.32. The van der Waals surface area contributed by atoms with Gasteiger partial charge in [0.15, 0.2) is 11.6 Å². The van der Waals surface area contributed by atoms with Crippen molar-refractivity contribution in [1.82, 2.24) is 14.9 Å². The van der Waals surface area contributed by atoms with Crippen LogP contribution in [0.25, 0.3) is 0 Å². The van der Waals surface area contributed by atoms with Gasteiger partial charge in [0, 0.05) is 44.5 Å². The molecule has 2 aromatic rings. The molecule has 0 unspecified atom stereocenters. The molecule has 3 rings (SSSR count). The van der Waals surface area contributed by atoms with E-state index in [2.05, 4.69) is 19.8 Å². The number of aromatic nitrogens is 2. The molecule has 1 aromatic carbocycles. The lowest BCUT2D eigenvalue weighted by Crippen LogP contribution is -2.46. The number of hydrogen-bond donors (Lipinski definition) is 0. The van der Waals surface area contributed by atoms with E-state index in [-0.39, 0.29) is 0 Å². The van der Waals surface area contributed by atoms with Gasteiger partial charge in [-0.25, -0.2) is 18.7 Å². The molecule has 1 aromatic heterocycles. The zero-order chi connectivity index (χ0) is 15.5. The third-order valence-electron chi connectivity index (χ3n) is 3.88. The van der Waals surface area contributed by atoms with Crippen LogP contribution in [0.1, 0.15) is 11.3 Å². The quantitative estimate of drug-likeness (QED) is 0.871. The summed E-state index contributed by atoms with van der Waals surface area (Å²) < 4.78 is 26.2. The lowest BCUT2D eigenvalue weighted by molar-refractivity contribution is 0.249. The maximum Gasteiger partial charge on any atom is 0.159 e. The molecular formula is C16H18F2N4. The molecule has 6 heteroatoms. The third-order valence-corrected chi connectivity index (χ3v) is 3.88. The number of halogens is 2. The van der Waals surface area contributed by atoms with Crippen molar-refractivity contribution < 1.29 is 8.78 Å². The first-order valence-electron chi connectivity index (χ1n) is 7.32. The highest BCUT2D eigenvalue weighted by Crippen LogP contribution is 2.16. The molecule has 0 amide bonds. The number of hydrogen-bond acceptors (Lipinski definition) is 4. The Morgan fingerprint density at radius 2 is 1.77 bits per heavy atom. The fourth-order valence-corrected chi connectivity index (χ4v) is 2.64. The molecule has 0 spiro atoms. The normalized spacial score (nSPS) is 16.0. The van der Waals surface area contributed by atoms with Gasteiger partial charge in [0.05, 0.1) is 0 Å². The zero-order valence-electron chi connectivity index (χ0n) is 12.5. The first kappa shape index (κ1) is 14.8. The Morgan fingerprint density at radius 3 is 2.45 bits per heavy atom. The Hall–Kier alpha value is -2.08. The maximum absolute atomic E-state index is 13.2. The molecule has 22 heavy (non-hydrogen) atoms.